The molecule has 0 spiro atoms. The number of halogens is 3. The second-order valence-electron chi connectivity index (χ2n) is 6.73. The molecule has 0 aliphatic heterocycles. The smallest absolute Gasteiger partial charge is 0.196 e. The van der Waals surface area contributed by atoms with Gasteiger partial charge in [0, 0.05) is 22.2 Å². The number of thioether (sulfide) groups is 2. The van der Waals surface area contributed by atoms with Gasteiger partial charge in [-0.25, -0.2) is 0 Å². The summed E-state index contributed by atoms with van der Waals surface area (Å²) in [6, 6.07) is 23.8. The Morgan fingerprint density at radius 1 is 0.710 bits per heavy atom. The van der Waals surface area contributed by atoms with Crippen molar-refractivity contribution >= 4 is 58.3 Å². The molecule has 31 heavy (non-hydrogen) atoms. The first-order chi connectivity index (χ1) is 15.1. The predicted molar refractivity (Wildman–Crippen MR) is 134 cm³/mol. The van der Waals surface area contributed by atoms with Gasteiger partial charge in [-0.05, 0) is 47.5 Å². The lowest BCUT2D eigenvalue weighted by molar-refractivity contribution is 0.864. The van der Waals surface area contributed by atoms with Crippen LogP contribution in [0.25, 0.3) is 5.69 Å². The van der Waals surface area contributed by atoms with Crippen molar-refractivity contribution in [1.29, 1.82) is 0 Å². The summed E-state index contributed by atoms with van der Waals surface area (Å²) in [4.78, 5) is 0. The van der Waals surface area contributed by atoms with E-state index >= 15 is 0 Å². The quantitative estimate of drug-likeness (QED) is 0.227. The molecule has 3 nitrogen and oxygen atoms in total. The Morgan fingerprint density at radius 3 is 2.19 bits per heavy atom. The molecule has 158 valence electrons. The minimum Gasteiger partial charge on any atom is -0.273 e. The zero-order valence-electron chi connectivity index (χ0n) is 16.3. The highest BCUT2D eigenvalue weighted by molar-refractivity contribution is 7.98. The van der Waals surface area contributed by atoms with Gasteiger partial charge in [0.25, 0.3) is 0 Å². The number of hydrogen-bond acceptors (Lipinski definition) is 4. The van der Waals surface area contributed by atoms with Crippen molar-refractivity contribution in [2.24, 2.45) is 0 Å². The lowest BCUT2D eigenvalue weighted by Crippen LogP contribution is -2.02. The van der Waals surface area contributed by atoms with E-state index in [9.17, 15) is 0 Å². The van der Waals surface area contributed by atoms with E-state index in [1.54, 1.807) is 23.5 Å². The molecule has 0 saturated heterocycles. The highest BCUT2D eigenvalue weighted by atomic mass is 35.5. The number of aromatic nitrogens is 3. The summed E-state index contributed by atoms with van der Waals surface area (Å²) in [6.07, 6.45) is 0. The number of benzene rings is 3. The maximum absolute atomic E-state index is 6.16. The van der Waals surface area contributed by atoms with Gasteiger partial charge in [0.05, 0.1) is 15.8 Å². The van der Waals surface area contributed by atoms with Crippen molar-refractivity contribution in [3.05, 3.63) is 105 Å². The molecule has 0 radical (unpaired) electrons. The zero-order valence-corrected chi connectivity index (χ0v) is 20.2. The van der Waals surface area contributed by atoms with Gasteiger partial charge in [0.2, 0.25) is 0 Å². The molecule has 0 unspecified atom stereocenters. The maximum Gasteiger partial charge on any atom is 0.196 e. The Bertz CT molecular complexity index is 1150. The van der Waals surface area contributed by atoms with Gasteiger partial charge < -0.3 is 0 Å². The fourth-order valence-corrected chi connectivity index (χ4v) is 5.20. The molecule has 0 amide bonds. The van der Waals surface area contributed by atoms with Gasteiger partial charge in [-0.1, -0.05) is 83.0 Å². The van der Waals surface area contributed by atoms with E-state index in [0.29, 0.717) is 10.0 Å². The molecule has 3 aromatic carbocycles. The van der Waals surface area contributed by atoms with E-state index in [1.807, 2.05) is 48.5 Å². The second-order valence-corrected chi connectivity index (χ2v) is 9.91. The minimum absolute atomic E-state index is 0.558. The van der Waals surface area contributed by atoms with Crippen molar-refractivity contribution in [2.75, 3.05) is 0 Å². The van der Waals surface area contributed by atoms with Crippen LogP contribution in [0.15, 0.2) is 78.0 Å². The molecule has 1 aromatic heterocycles. The van der Waals surface area contributed by atoms with Crippen molar-refractivity contribution in [3.8, 4) is 5.69 Å². The lowest BCUT2D eigenvalue weighted by Gasteiger charge is -2.10. The van der Waals surface area contributed by atoms with Crippen LogP contribution in [0.5, 0.6) is 0 Å². The Kier molecular flexibility index (Phi) is 7.86. The van der Waals surface area contributed by atoms with Crippen LogP contribution in [0, 0.1) is 0 Å². The largest absolute Gasteiger partial charge is 0.273 e. The molecule has 4 rings (SSSR count). The van der Waals surface area contributed by atoms with Crippen LogP contribution in [0.1, 0.15) is 17.0 Å². The molecule has 0 bridgehead atoms. The van der Waals surface area contributed by atoms with E-state index in [0.717, 1.165) is 44.5 Å². The maximum atomic E-state index is 6.16. The van der Waals surface area contributed by atoms with Gasteiger partial charge in [-0.2, -0.15) is 0 Å². The molecule has 8 heteroatoms. The van der Waals surface area contributed by atoms with Crippen LogP contribution in [0.4, 0.5) is 0 Å². The normalized spacial score (nSPS) is 11.1. The van der Waals surface area contributed by atoms with E-state index < -0.39 is 0 Å². The van der Waals surface area contributed by atoms with Gasteiger partial charge >= 0.3 is 0 Å². The molecule has 0 saturated carbocycles. The minimum atomic E-state index is 0.558. The number of para-hydroxylation sites is 1. The van der Waals surface area contributed by atoms with E-state index in [-0.39, 0.29) is 0 Å². The third-order valence-electron chi connectivity index (χ3n) is 4.48. The van der Waals surface area contributed by atoms with Crippen molar-refractivity contribution in [3.63, 3.8) is 0 Å². The molecule has 0 atom stereocenters. The summed E-state index contributed by atoms with van der Waals surface area (Å²) in [7, 11) is 0. The Labute approximate surface area is 205 Å². The fraction of sp³-hybridized carbons (Fsp3) is 0.130. The summed E-state index contributed by atoms with van der Waals surface area (Å²) >= 11 is 21.6. The van der Waals surface area contributed by atoms with E-state index in [2.05, 4.69) is 39.0 Å². The van der Waals surface area contributed by atoms with Crippen LogP contribution in [0.3, 0.4) is 0 Å². The van der Waals surface area contributed by atoms with Crippen molar-refractivity contribution in [1.82, 2.24) is 14.8 Å². The van der Waals surface area contributed by atoms with E-state index in [1.165, 1.54) is 5.56 Å². The second kappa shape index (κ2) is 10.8. The van der Waals surface area contributed by atoms with Crippen molar-refractivity contribution in [2.45, 2.75) is 22.4 Å². The van der Waals surface area contributed by atoms with Crippen molar-refractivity contribution < 1.29 is 0 Å². The fourth-order valence-electron chi connectivity index (χ4n) is 2.94. The molecule has 0 fully saturated rings. The summed E-state index contributed by atoms with van der Waals surface area (Å²) < 4.78 is 2.12. The standard InChI is InChI=1S/C23H18Cl3N3S2/c24-18-9-6-16(7-10-18)13-30-15-22-27-28-23(29(22)19-4-2-1-3-5-19)31-14-17-8-11-20(25)21(26)12-17/h1-12H,13-15H2. The molecular formula is C23H18Cl3N3S2. The molecule has 1 heterocycles. The first kappa shape index (κ1) is 22.6. The van der Waals surface area contributed by atoms with Gasteiger partial charge in [-0.15, -0.1) is 22.0 Å². The third-order valence-corrected chi connectivity index (χ3v) is 7.47. The van der Waals surface area contributed by atoms with Gasteiger partial charge in [-0.3, -0.25) is 4.57 Å². The molecule has 0 aliphatic rings. The number of nitrogens with zero attached hydrogens (tertiary/aromatic N) is 3. The third kappa shape index (κ3) is 5.99. The van der Waals surface area contributed by atoms with Crippen LogP contribution in [0.2, 0.25) is 15.1 Å². The average molecular weight is 507 g/mol. The first-order valence-corrected chi connectivity index (χ1v) is 12.8. The Hall–Kier alpha value is -1.63. The topological polar surface area (TPSA) is 30.7 Å². The molecule has 0 aliphatic carbocycles. The summed E-state index contributed by atoms with van der Waals surface area (Å²) in [6.45, 7) is 0. The number of hydrogen-bond donors (Lipinski definition) is 0. The summed E-state index contributed by atoms with van der Waals surface area (Å²) in [5.41, 5.74) is 3.36. The molecule has 0 N–H and O–H groups in total. The predicted octanol–water partition coefficient (Wildman–Crippen LogP) is 7.95. The Morgan fingerprint density at radius 2 is 1.45 bits per heavy atom. The van der Waals surface area contributed by atoms with Gasteiger partial charge in [0.15, 0.2) is 5.16 Å². The van der Waals surface area contributed by atoms with Crippen LogP contribution >= 0.6 is 58.3 Å². The van der Waals surface area contributed by atoms with Crippen LogP contribution < -0.4 is 0 Å². The summed E-state index contributed by atoms with van der Waals surface area (Å²) in [5, 5.41) is 11.7. The SMILES string of the molecule is Clc1ccc(CSCc2nnc(SCc3ccc(Cl)c(Cl)c3)n2-c2ccccc2)cc1. The highest BCUT2D eigenvalue weighted by Gasteiger charge is 2.15. The van der Waals surface area contributed by atoms with Gasteiger partial charge in [0.1, 0.15) is 5.82 Å². The first-order valence-electron chi connectivity index (χ1n) is 9.49. The average Bonchev–Trinajstić information content (AvgIpc) is 3.19. The van der Waals surface area contributed by atoms with Crippen LogP contribution in [-0.2, 0) is 17.3 Å². The molecular weight excluding hydrogens is 489 g/mol. The number of rotatable bonds is 8. The zero-order chi connectivity index (χ0) is 21.6. The van der Waals surface area contributed by atoms with Crippen LogP contribution in [-0.4, -0.2) is 14.8 Å². The molecule has 4 aromatic rings. The summed E-state index contributed by atoms with van der Waals surface area (Å²) in [5.74, 6) is 3.27. The Balaban J connectivity index is 1.51. The monoisotopic (exact) mass is 505 g/mol. The van der Waals surface area contributed by atoms with E-state index in [4.69, 9.17) is 34.8 Å². The lowest BCUT2D eigenvalue weighted by atomic mass is 10.2. The highest BCUT2D eigenvalue weighted by Crippen LogP contribution is 2.30.